The number of piperidine rings is 1. The number of thioether (sulfide) groups is 1. The molecule has 12 nitrogen and oxygen atoms in total. The van der Waals surface area contributed by atoms with Crippen molar-refractivity contribution in [2.45, 2.75) is 73.6 Å². The average Bonchev–Trinajstić information content (AvgIpc) is 3.55. The van der Waals surface area contributed by atoms with Crippen molar-refractivity contribution in [1.29, 1.82) is 0 Å². The van der Waals surface area contributed by atoms with Gasteiger partial charge in [-0.25, -0.2) is 17.9 Å². The number of benzene rings is 3. The highest BCUT2D eigenvalue weighted by Crippen LogP contribution is 2.46. The molecule has 0 unspecified atom stereocenters. The molecule has 2 fully saturated rings. The van der Waals surface area contributed by atoms with Crippen LogP contribution in [0.5, 0.6) is 0 Å². The lowest BCUT2D eigenvalue weighted by Gasteiger charge is -2.40. The van der Waals surface area contributed by atoms with E-state index in [1.54, 1.807) is 23.9 Å². The van der Waals surface area contributed by atoms with Crippen LogP contribution in [0.3, 0.4) is 0 Å². The molecular weight excluding hydrogens is 667 g/mol. The average molecular weight is 710 g/mol. The van der Waals surface area contributed by atoms with E-state index in [9.17, 15) is 28.1 Å². The first kappa shape index (κ1) is 36.0. The molecule has 1 spiro atoms. The van der Waals surface area contributed by atoms with E-state index in [1.165, 1.54) is 37.8 Å². The minimum absolute atomic E-state index is 0.143. The lowest BCUT2D eigenvalue weighted by atomic mass is 9.77. The number of rotatable bonds is 15. The van der Waals surface area contributed by atoms with Gasteiger partial charge in [0.1, 0.15) is 5.69 Å². The molecule has 4 N–H and O–H groups in total. The Morgan fingerprint density at radius 1 is 0.959 bits per heavy atom. The van der Waals surface area contributed by atoms with E-state index in [4.69, 9.17) is 5.11 Å². The van der Waals surface area contributed by atoms with Crippen LogP contribution in [0.1, 0.15) is 68.1 Å². The zero-order chi connectivity index (χ0) is 34.9. The number of sulfonamides is 1. The molecule has 262 valence electrons. The van der Waals surface area contributed by atoms with Gasteiger partial charge in [-0.05, 0) is 98.9 Å². The van der Waals surface area contributed by atoms with Gasteiger partial charge in [-0.15, -0.1) is 11.8 Å². The van der Waals surface area contributed by atoms with Gasteiger partial charge >= 0.3 is 6.09 Å². The number of carbonyl (C=O) groups excluding carboxylic acids is 1. The van der Waals surface area contributed by atoms with Crippen LogP contribution in [0.25, 0.3) is 0 Å². The molecule has 1 aliphatic carbocycles. The number of anilines is 2. The standard InChI is InChI=1S/C35H43N5O7S2/c41-33(26-11-13-28(14-12-26)39-22-19-35(20-23-39)17-5-6-18-35)38-49(46,47)30-15-16-31(32(24-30)40(44)45)37-27(8-4-7-21-36-34(42)43)25-48-29-9-2-1-3-10-29/h1-3,9-16,24,27,36-37H,4-8,17-23,25H2,(H,38,41)(H,42,43)/t27-/m1/s1. The molecule has 0 radical (unpaired) electrons. The number of carbonyl (C=O) groups is 2. The Kier molecular flexibility index (Phi) is 12.0. The van der Waals surface area contributed by atoms with Gasteiger partial charge in [0.05, 0.1) is 9.82 Å². The van der Waals surface area contributed by atoms with Crippen LogP contribution in [0.2, 0.25) is 0 Å². The Morgan fingerprint density at radius 2 is 1.65 bits per heavy atom. The molecule has 5 rings (SSSR count). The highest BCUT2D eigenvalue weighted by Gasteiger charge is 2.37. The quantitative estimate of drug-likeness (QED) is 0.0564. The molecular formula is C35H43N5O7S2. The largest absolute Gasteiger partial charge is 0.465 e. The smallest absolute Gasteiger partial charge is 0.404 e. The Balaban J connectivity index is 1.23. The molecule has 0 bridgehead atoms. The fourth-order valence-electron chi connectivity index (χ4n) is 6.72. The molecule has 1 saturated carbocycles. The fourth-order valence-corrected chi connectivity index (χ4v) is 8.71. The minimum Gasteiger partial charge on any atom is -0.465 e. The van der Waals surface area contributed by atoms with Crippen molar-refractivity contribution in [3.05, 3.63) is 88.5 Å². The predicted molar refractivity (Wildman–Crippen MR) is 191 cm³/mol. The van der Waals surface area contributed by atoms with E-state index in [0.717, 1.165) is 42.6 Å². The summed E-state index contributed by atoms with van der Waals surface area (Å²) in [5.74, 6) is -0.267. The van der Waals surface area contributed by atoms with Crippen LogP contribution in [-0.4, -0.2) is 61.9 Å². The fraction of sp³-hybridized carbons (Fsp3) is 0.429. The molecule has 2 aliphatic rings. The summed E-state index contributed by atoms with van der Waals surface area (Å²) in [6.07, 6.45) is 8.29. The molecule has 49 heavy (non-hydrogen) atoms. The van der Waals surface area contributed by atoms with Crippen molar-refractivity contribution in [2.24, 2.45) is 5.41 Å². The number of nitro benzene ring substituents is 1. The molecule has 1 atom stereocenters. The highest BCUT2D eigenvalue weighted by atomic mass is 32.2. The molecule has 0 aromatic heterocycles. The van der Waals surface area contributed by atoms with Crippen LogP contribution in [0.15, 0.2) is 82.6 Å². The van der Waals surface area contributed by atoms with Gasteiger partial charge in [0.15, 0.2) is 0 Å². The normalized spacial score (nSPS) is 16.2. The van der Waals surface area contributed by atoms with Crippen molar-refractivity contribution in [3.63, 3.8) is 0 Å². The maximum absolute atomic E-state index is 13.2. The van der Waals surface area contributed by atoms with E-state index in [0.29, 0.717) is 30.4 Å². The third kappa shape index (κ3) is 9.88. The van der Waals surface area contributed by atoms with Crippen molar-refractivity contribution in [3.8, 4) is 0 Å². The first-order valence-corrected chi connectivity index (χ1v) is 19.1. The summed E-state index contributed by atoms with van der Waals surface area (Å²) in [5, 5.41) is 26.5. The van der Waals surface area contributed by atoms with Crippen molar-refractivity contribution in [1.82, 2.24) is 10.0 Å². The third-order valence-electron chi connectivity index (χ3n) is 9.50. The molecule has 2 amide bonds. The predicted octanol–water partition coefficient (Wildman–Crippen LogP) is 6.88. The summed E-state index contributed by atoms with van der Waals surface area (Å²) >= 11 is 1.57. The van der Waals surface area contributed by atoms with Gasteiger partial charge in [0.2, 0.25) is 0 Å². The summed E-state index contributed by atoms with van der Waals surface area (Å²) in [5.41, 5.74) is 1.34. The van der Waals surface area contributed by atoms with Gasteiger partial charge in [-0.3, -0.25) is 14.9 Å². The first-order valence-electron chi connectivity index (χ1n) is 16.7. The summed E-state index contributed by atoms with van der Waals surface area (Å²) in [6.45, 7) is 2.20. The molecule has 1 aliphatic heterocycles. The van der Waals surface area contributed by atoms with Gasteiger partial charge < -0.3 is 20.6 Å². The Hall–Kier alpha value is -4.30. The van der Waals surface area contributed by atoms with Gasteiger partial charge in [-0.1, -0.05) is 31.0 Å². The summed E-state index contributed by atoms with van der Waals surface area (Å²) < 4.78 is 28.5. The zero-order valence-corrected chi connectivity index (χ0v) is 28.9. The Labute approximate surface area is 291 Å². The van der Waals surface area contributed by atoms with E-state index < -0.39 is 37.5 Å². The van der Waals surface area contributed by atoms with Gasteiger partial charge in [-0.2, -0.15) is 0 Å². The number of hydrogen-bond donors (Lipinski definition) is 4. The van der Waals surface area contributed by atoms with E-state index in [1.807, 2.05) is 42.5 Å². The number of nitrogens with zero attached hydrogens (tertiary/aromatic N) is 2. The second-order valence-corrected chi connectivity index (χ2v) is 15.6. The van der Waals surface area contributed by atoms with Gasteiger partial charge in [0, 0.05) is 53.6 Å². The SMILES string of the molecule is O=C(O)NCCCC[C@H](CSc1ccccc1)Nc1ccc(S(=O)(=O)NC(=O)c2ccc(N3CCC4(CCCC4)CC3)cc2)cc1[N+](=O)[O-]. The van der Waals surface area contributed by atoms with Crippen molar-refractivity contribution in [2.75, 3.05) is 35.6 Å². The lowest BCUT2D eigenvalue weighted by Crippen LogP contribution is -2.38. The maximum Gasteiger partial charge on any atom is 0.404 e. The monoisotopic (exact) mass is 709 g/mol. The molecule has 1 saturated heterocycles. The second kappa shape index (κ2) is 16.4. The van der Waals surface area contributed by atoms with Crippen molar-refractivity contribution < 1.29 is 28.0 Å². The Morgan fingerprint density at radius 3 is 2.31 bits per heavy atom. The van der Waals surface area contributed by atoms with Crippen molar-refractivity contribution >= 4 is 50.8 Å². The number of nitro groups is 1. The van der Waals surface area contributed by atoms with Crippen LogP contribution < -0.4 is 20.3 Å². The van der Waals surface area contributed by atoms with Gasteiger partial charge in [0.25, 0.3) is 21.6 Å². The topological polar surface area (TPSA) is 171 Å². The number of carboxylic acid groups (broad SMARTS) is 1. The highest BCUT2D eigenvalue weighted by molar-refractivity contribution is 7.99. The maximum atomic E-state index is 13.2. The van der Waals surface area contributed by atoms with E-state index >= 15 is 0 Å². The first-order chi connectivity index (χ1) is 23.5. The molecule has 1 heterocycles. The van der Waals surface area contributed by atoms with E-state index in [-0.39, 0.29) is 23.8 Å². The number of nitrogens with one attached hydrogen (secondary N) is 3. The zero-order valence-electron chi connectivity index (χ0n) is 27.3. The van der Waals surface area contributed by atoms with Crippen LogP contribution in [0, 0.1) is 15.5 Å². The van der Waals surface area contributed by atoms with Crippen LogP contribution >= 0.6 is 11.8 Å². The van der Waals surface area contributed by atoms with Crippen LogP contribution in [0.4, 0.5) is 21.9 Å². The van der Waals surface area contributed by atoms with E-state index in [2.05, 4.69) is 20.3 Å². The number of amides is 2. The second-order valence-electron chi connectivity index (χ2n) is 12.8. The lowest BCUT2D eigenvalue weighted by molar-refractivity contribution is -0.384. The minimum atomic E-state index is -4.43. The third-order valence-corrected chi connectivity index (χ3v) is 12.0. The summed E-state index contributed by atoms with van der Waals surface area (Å²) in [7, 11) is -4.43. The molecule has 3 aromatic carbocycles. The Bertz CT molecular complexity index is 1710. The summed E-state index contributed by atoms with van der Waals surface area (Å²) in [4.78, 5) is 38.2. The number of unbranched alkanes of at least 4 members (excludes halogenated alkanes) is 1. The molecule has 3 aromatic rings. The van der Waals surface area contributed by atoms with Crippen LogP contribution in [-0.2, 0) is 10.0 Å². The summed E-state index contributed by atoms with van der Waals surface area (Å²) in [6, 6.07) is 19.8. The number of hydrogen-bond acceptors (Lipinski definition) is 9. The molecule has 14 heteroatoms.